The number of nitrogens with zero attached hydrogens (tertiary/aromatic N) is 2. The average Bonchev–Trinajstić information content (AvgIpc) is 3.18. The molecule has 0 aromatic carbocycles. The van der Waals surface area contributed by atoms with Crippen molar-refractivity contribution in [3.8, 4) is 0 Å². The number of carbonyl (C=O) groups excluding carboxylic acids is 2. The molecule has 0 bridgehead atoms. The summed E-state index contributed by atoms with van der Waals surface area (Å²) in [6, 6.07) is 4.17. The molecule has 1 atom stereocenters. The SMILES string of the molecule is CCC(=O)N1CCC(CN2C(=O)CSC2c2cccs2)CC1. The van der Waals surface area contributed by atoms with Crippen molar-refractivity contribution in [1.29, 1.82) is 0 Å². The zero-order chi connectivity index (χ0) is 15.5. The van der Waals surface area contributed by atoms with Gasteiger partial charge in [0, 0.05) is 30.9 Å². The number of piperidine rings is 1. The Balaban J connectivity index is 1.58. The van der Waals surface area contributed by atoms with Crippen LogP contribution in [-0.2, 0) is 9.59 Å². The van der Waals surface area contributed by atoms with Gasteiger partial charge in [-0.3, -0.25) is 9.59 Å². The molecule has 2 fully saturated rings. The first kappa shape index (κ1) is 15.9. The second-order valence-corrected chi connectivity index (χ2v) is 7.95. The second-order valence-electron chi connectivity index (χ2n) is 5.90. The van der Waals surface area contributed by atoms with Crippen molar-refractivity contribution < 1.29 is 9.59 Å². The largest absolute Gasteiger partial charge is 0.343 e. The molecule has 1 aromatic heterocycles. The molecule has 120 valence electrons. The molecular formula is C16H22N2O2S2. The lowest BCUT2D eigenvalue weighted by molar-refractivity contribution is -0.133. The monoisotopic (exact) mass is 338 g/mol. The maximum Gasteiger partial charge on any atom is 0.233 e. The highest BCUT2D eigenvalue weighted by molar-refractivity contribution is 8.00. The predicted octanol–water partition coefficient (Wildman–Crippen LogP) is 2.97. The Kier molecular flexibility index (Phi) is 5.08. The molecule has 0 spiro atoms. The van der Waals surface area contributed by atoms with Gasteiger partial charge in [0.15, 0.2) is 0 Å². The maximum absolute atomic E-state index is 12.2. The van der Waals surface area contributed by atoms with Gasteiger partial charge in [0.2, 0.25) is 11.8 Å². The minimum Gasteiger partial charge on any atom is -0.343 e. The van der Waals surface area contributed by atoms with Crippen molar-refractivity contribution >= 4 is 34.9 Å². The Hall–Kier alpha value is -1.01. The van der Waals surface area contributed by atoms with Crippen LogP contribution in [0.5, 0.6) is 0 Å². The molecule has 3 heterocycles. The first-order valence-corrected chi connectivity index (χ1v) is 9.84. The molecule has 3 rings (SSSR count). The standard InChI is InChI=1S/C16H22N2O2S2/c1-2-14(19)17-7-5-12(6-8-17)10-18-15(20)11-22-16(18)13-4-3-9-21-13/h3-4,9,12,16H,2,5-8,10-11H2,1H3. The Morgan fingerprint density at radius 3 is 2.77 bits per heavy atom. The number of carbonyl (C=O) groups is 2. The fraction of sp³-hybridized carbons (Fsp3) is 0.625. The van der Waals surface area contributed by atoms with Gasteiger partial charge < -0.3 is 9.80 Å². The van der Waals surface area contributed by atoms with Crippen molar-refractivity contribution in [2.24, 2.45) is 5.92 Å². The third kappa shape index (κ3) is 3.33. The minimum atomic E-state index is 0.197. The third-order valence-electron chi connectivity index (χ3n) is 4.48. The Morgan fingerprint density at radius 2 is 2.14 bits per heavy atom. The molecule has 1 aromatic rings. The van der Waals surface area contributed by atoms with Crippen molar-refractivity contribution in [2.45, 2.75) is 31.6 Å². The van der Waals surface area contributed by atoms with E-state index in [-0.39, 0.29) is 17.2 Å². The minimum absolute atomic E-state index is 0.197. The summed E-state index contributed by atoms with van der Waals surface area (Å²) in [6.07, 6.45) is 2.61. The number of thiophene rings is 1. The number of rotatable bonds is 4. The maximum atomic E-state index is 12.2. The van der Waals surface area contributed by atoms with E-state index in [0.717, 1.165) is 32.5 Å². The highest BCUT2D eigenvalue weighted by atomic mass is 32.2. The van der Waals surface area contributed by atoms with E-state index in [4.69, 9.17) is 0 Å². The van der Waals surface area contributed by atoms with Crippen LogP contribution in [0, 0.1) is 5.92 Å². The van der Waals surface area contributed by atoms with Gasteiger partial charge in [0.05, 0.1) is 5.75 Å². The molecule has 2 aliphatic heterocycles. The first-order valence-electron chi connectivity index (χ1n) is 7.91. The fourth-order valence-corrected chi connectivity index (χ4v) is 5.36. The van der Waals surface area contributed by atoms with Crippen molar-refractivity contribution in [3.05, 3.63) is 22.4 Å². The fourth-order valence-electron chi connectivity index (χ4n) is 3.19. The van der Waals surface area contributed by atoms with Gasteiger partial charge in [-0.05, 0) is 30.2 Å². The van der Waals surface area contributed by atoms with Gasteiger partial charge >= 0.3 is 0 Å². The van der Waals surface area contributed by atoms with Crippen LogP contribution < -0.4 is 0 Å². The molecule has 2 aliphatic rings. The Bertz CT molecular complexity index is 524. The number of likely N-dealkylation sites (tertiary alicyclic amines) is 1. The van der Waals surface area contributed by atoms with E-state index >= 15 is 0 Å². The summed E-state index contributed by atoms with van der Waals surface area (Å²) in [4.78, 5) is 29.2. The Morgan fingerprint density at radius 1 is 1.36 bits per heavy atom. The van der Waals surface area contributed by atoms with Gasteiger partial charge in [0.1, 0.15) is 5.37 Å². The van der Waals surface area contributed by atoms with Gasteiger partial charge in [-0.1, -0.05) is 13.0 Å². The van der Waals surface area contributed by atoms with E-state index in [1.165, 1.54) is 4.88 Å². The molecule has 22 heavy (non-hydrogen) atoms. The molecule has 0 saturated carbocycles. The summed E-state index contributed by atoms with van der Waals surface area (Å²) in [7, 11) is 0. The van der Waals surface area contributed by atoms with Crippen LogP contribution in [-0.4, -0.2) is 47.0 Å². The van der Waals surface area contributed by atoms with Crippen LogP contribution in [0.3, 0.4) is 0 Å². The van der Waals surface area contributed by atoms with Gasteiger partial charge in [-0.15, -0.1) is 23.1 Å². The summed E-state index contributed by atoms with van der Waals surface area (Å²) < 4.78 is 0. The summed E-state index contributed by atoms with van der Waals surface area (Å²) in [6.45, 7) is 4.44. The summed E-state index contributed by atoms with van der Waals surface area (Å²) in [5.41, 5.74) is 0. The molecule has 2 amide bonds. The molecule has 1 unspecified atom stereocenters. The van der Waals surface area contributed by atoms with Crippen LogP contribution in [0.1, 0.15) is 36.4 Å². The molecule has 4 nitrogen and oxygen atoms in total. The average molecular weight is 338 g/mol. The lowest BCUT2D eigenvalue weighted by Crippen LogP contribution is -2.42. The van der Waals surface area contributed by atoms with Gasteiger partial charge in [-0.2, -0.15) is 0 Å². The predicted molar refractivity (Wildman–Crippen MR) is 90.8 cm³/mol. The van der Waals surface area contributed by atoms with Crippen molar-refractivity contribution in [1.82, 2.24) is 9.80 Å². The van der Waals surface area contributed by atoms with E-state index in [0.29, 0.717) is 18.1 Å². The molecular weight excluding hydrogens is 316 g/mol. The van der Waals surface area contributed by atoms with Gasteiger partial charge in [-0.25, -0.2) is 0 Å². The van der Waals surface area contributed by atoms with E-state index in [1.807, 2.05) is 11.8 Å². The van der Waals surface area contributed by atoms with E-state index in [9.17, 15) is 9.59 Å². The number of hydrogen-bond acceptors (Lipinski definition) is 4. The van der Waals surface area contributed by atoms with E-state index < -0.39 is 0 Å². The van der Waals surface area contributed by atoms with Crippen LogP contribution in [0.25, 0.3) is 0 Å². The van der Waals surface area contributed by atoms with Crippen molar-refractivity contribution in [2.75, 3.05) is 25.4 Å². The number of amides is 2. The van der Waals surface area contributed by atoms with E-state index in [1.54, 1.807) is 23.1 Å². The zero-order valence-corrected chi connectivity index (χ0v) is 14.5. The summed E-state index contributed by atoms with van der Waals surface area (Å²) in [5, 5.41) is 2.27. The molecule has 0 radical (unpaired) electrons. The Labute approximate surface area is 139 Å². The zero-order valence-electron chi connectivity index (χ0n) is 12.9. The number of hydrogen-bond donors (Lipinski definition) is 0. The highest BCUT2D eigenvalue weighted by Crippen LogP contribution is 2.41. The molecule has 0 N–H and O–H groups in total. The highest BCUT2D eigenvalue weighted by Gasteiger charge is 2.35. The topological polar surface area (TPSA) is 40.6 Å². The van der Waals surface area contributed by atoms with Crippen LogP contribution in [0.2, 0.25) is 0 Å². The molecule has 2 saturated heterocycles. The van der Waals surface area contributed by atoms with Gasteiger partial charge in [0.25, 0.3) is 0 Å². The second kappa shape index (κ2) is 7.04. The summed E-state index contributed by atoms with van der Waals surface area (Å²) in [5.74, 6) is 1.62. The molecule has 6 heteroatoms. The lowest BCUT2D eigenvalue weighted by Gasteiger charge is -2.35. The van der Waals surface area contributed by atoms with E-state index in [2.05, 4.69) is 22.4 Å². The summed E-state index contributed by atoms with van der Waals surface area (Å²) >= 11 is 3.46. The third-order valence-corrected chi connectivity index (χ3v) is 6.79. The van der Waals surface area contributed by atoms with Crippen molar-refractivity contribution in [3.63, 3.8) is 0 Å². The lowest BCUT2D eigenvalue weighted by atomic mass is 9.96. The van der Waals surface area contributed by atoms with Crippen LogP contribution >= 0.6 is 23.1 Å². The first-order chi connectivity index (χ1) is 10.7. The number of thioether (sulfide) groups is 1. The van der Waals surface area contributed by atoms with Crippen LogP contribution in [0.15, 0.2) is 17.5 Å². The smallest absolute Gasteiger partial charge is 0.233 e. The normalized spacial score (nSPS) is 23.3. The quantitative estimate of drug-likeness (QED) is 0.847. The molecule has 0 aliphatic carbocycles. The van der Waals surface area contributed by atoms with Crippen LogP contribution in [0.4, 0.5) is 0 Å².